The summed E-state index contributed by atoms with van der Waals surface area (Å²) >= 11 is 0. The zero-order chi connectivity index (χ0) is 18.5. The van der Waals surface area contributed by atoms with Crippen LogP contribution in [-0.2, 0) is 0 Å². The predicted molar refractivity (Wildman–Crippen MR) is 104 cm³/mol. The minimum Gasteiger partial charge on any atom is -0.478 e. The van der Waals surface area contributed by atoms with E-state index in [1.807, 2.05) is 67.5 Å². The second-order valence-corrected chi connectivity index (χ2v) is 6.04. The number of hydrogen-bond acceptors (Lipinski definition) is 4. The molecular weight excluding hydrogens is 326 g/mol. The lowest BCUT2D eigenvalue weighted by Gasteiger charge is -2.11. The Morgan fingerprint density at radius 3 is 1.58 bits per heavy atom. The third-order valence-electron chi connectivity index (χ3n) is 3.98. The first-order chi connectivity index (χ1) is 12.5. The van der Waals surface area contributed by atoms with Crippen LogP contribution in [0, 0.1) is 0 Å². The smallest absolute Gasteiger partial charge is 0.335 e. The van der Waals surface area contributed by atoms with Gasteiger partial charge < -0.3 is 10.0 Å². The topological polar surface area (TPSA) is 65.3 Å². The molecule has 0 spiro atoms. The fraction of sp³-hybridized carbons (Fsp3) is 0.0952. The number of rotatable bonds is 5. The van der Waals surface area contributed by atoms with Crippen LogP contribution in [0.5, 0.6) is 0 Å². The van der Waals surface area contributed by atoms with Crippen LogP contribution in [-0.4, -0.2) is 25.2 Å². The summed E-state index contributed by atoms with van der Waals surface area (Å²) in [5.41, 5.74) is 4.90. The van der Waals surface area contributed by atoms with E-state index < -0.39 is 5.97 Å². The van der Waals surface area contributed by atoms with Crippen molar-refractivity contribution in [2.45, 2.75) is 0 Å². The minimum absolute atomic E-state index is 0.277. The molecule has 0 saturated carbocycles. The third-order valence-corrected chi connectivity index (χ3v) is 3.98. The molecule has 130 valence electrons. The maximum Gasteiger partial charge on any atom is 0.335 e. The van der Waals surface area contributed by atoms with E-state index >= 15 is 0 Å². The molecular formula is C21H19N3O2. The molecule has 0 aliphatic heterocycles. The van der Waals surface area contributed by atoms with E-state index in [0.717, 1.165) is 28.2 Å². The number of azo groups is 1. The first-order valence-electron chi connectivity index (χ1n) is 8.16. The first kappa shape index (κ1) is 17.4. The molecule has 0 aliphatic carbocycles. The molecule has 0 unspecified atom stereocenters. The highest BCUT2D eigenvalue weighted by Crippen LogP contribution is 2.25. The summed E-state index contributed by atoms with van der Waals surface area (Å²) in [5.74, 6) is -0.925. The molecule has 3 aromatic rings. The van der Waals surface area contributed by atoms with Gasteiger partial charge in [-0.05, 0) is 59.7 Å². The second kappa shape index (κ2) is 7.61. The average molecular weight is 345 g/mol. The number of benzene rings is 3. The number of aromatic carboxylic acids is 1. The van der Waals surface area contributed by atoms with Crippen molar-refractivity contribution in [3.63, 3.8) is 0 Å². The Morgan fingerprint density at radius 2 is 1.15 bits per heavy atom. The molecule has 0 heterocycles. The Morgan fingerprint density at radius 1 is 0.731 bits per heavy atom. The summed E-state index contributed by atoms with van der Waals surface area (Å²) in [6.07, 6.45) is 0. The van der Waals surface area contributed by atoms with Crippen molar-refractivity contribution in [3.05, 3.63) is 78.4 Å². The van der Waals surface area contributed by atoms with Crippen LogP contribution in [0.4, 0.5) is 17.1 Å². The van der Waals surface area contributed by atoms with Crippen LogP contribution in [0.2, 0.25) is 0 Å². The van der Waals surface area contributed by atoms with E-state index in [2.05, 4.69) is 10.2 Å². The first-order valence-corrected chi connectivity index (χ1v) is 8.16. The fourth-order valence-corrected chi connectivity index (χ4v) is 2.46. The molecule has 0 fully saturated rings. The number of anilines is 1. The SMILES string of the molecule is CN(C)c1ccc(N=Nc2ccc(-c3ccc(C(=O)O)cc3)cc2)cc1. The van der Waals surface area contributed by atoms with E-state index in [9.17, 15) is 4.79 Å². The Hall–Kier alpha value is -3.47. The highest BCUT2D eigenvalue weighted by Gasteiger charge is 2.03. The zero-order valence-corrected chi connectivity index (χ0v) is 14.6. The number of carboxylic acid groups (broad SMARTS) is 1. The van der Waals surface area contributed by atoms with E-state index in [1.165, 1.54) is 0 Å². The van der Waals surface area contributed by atoms with Gasteiger partial charge in [-0.3, -0.25) is 0 Å². The lowest BCUT2D eigenvalue weighted by molar-refractivity contribution is 0.0697. The zero-order valence-electron chi connectivity index (χ0n) is 14.6. The molecule has 0 amide bonds. The van der Waals surface area contributed by atoms with E-state index in [-0.39, 0.29) is 5.56 Å². The van der Waals surface area contributed by atoms with E-state index in [4.69, 9.17) is 5.11 Å². The van der Waals surface area contributed by atoms with Crippen molar-refractivity contribution in [2.75, 3.05) is 19.0 Å². The Bertz CT molecular complexity index is 913. The van der Waals surface area contributed by atoms with Crippen LogP contribution in [0.3, 0.4) is 0 Å². The molecule has 3 rings (SSSR count). The lowest BCUT2D eigenvalue weighted by atomic mass is 10.0. The van der Waals surface area contributed by atoms with Gasteiger partial charge in [-0.15, -0.1) is 0 Å². The second-order valence-electron chi connectivity index (χ2n) is 6.04. The molecule has 0 aromatic heterocycles. The molecule has 0 aliphatic rings. The number of hydrogen-bond donors (Lipinski definition) is 1. The largest absolute Gasteiger partial charge is 0.478 e. The van der Waals surface area contributed by atoms with E-state index in [1.54, 1.807) is 24.3 Å². The van der Waals surface area contributed by atoms with Crippen LogP contribution in [0.1, 0.15) is 10.4 Å². The van der Waals surface area contributed by atoms with Gasteiger partial charge in [0, 0.05) is 19.8 Å². The predicted octanol–water partition coefficient (Wildman–Crippen LogP) is 5.53. The quantitative estimate of drug-likeness (QED) is 0.618. The highest BCUT2D eigenvalue weighted by molar-refractivity contribution is 5.88. The Labute approximate surface area is 152 Å². The van der Waals surface area contributed by atoms with Crippen molar-refractivity contribution in [2.24, 2.45) is 10.2 Å². The molecule has 3 aromatic carbocycles. The third kappa shape index (κ3) is 4.13. The van der Waals surface area contributed by atoms with Crippen LogP contribution in [0.15, 0.2) is 83.0 Å². The molecule has 5 heteroatoms. The number of carboxylic acids is 1. The summed E-state index contributed by atoms with van der Waals surface area (Å²) < 4.78 is 0. The number of nitrogens with zero attached hydrogens (tertiary/aromatic N) is 3. The highest BCUT2D eigenvalue weighted by atomic mass is 16.4. The molecule has 0 saturated heterocycles. The summed E-state index contributed by atoms with van der Waals surface area (Å²) in [6, 6.07) is 22.3. The van der Waals surface area contributed by atoms with Gasteiger partial charge in [0.25, 0.3) is 0 Å². The van der Waals surface area contributed by atoms with Gasteiger partial charge in [0.05, 0.1) is 16.9 Å². The van der Waals surface area contributed by atoms with Crippen LogP contribution in [0.25, 0.3) is 11.1 Å². The van der Waals surface area contributed by atoms with Gasteiger partial charge in [-0.2, -0.15) is 10.2 Å². The molecule has 5 nitrogen and oxygen atoms in total. The summed E-state index contributed by atoms with van der Waals surface area (Å²) in [4.78, 5) is 12.9. The standard InChI is InChI=1S/C21H19N3O2/c1-24(2)20-13-11-19(12-14-20)23-22-18-9-7-16(8-10-18)15-3-5-17(6-4-15)21(25)26/h3-14H,1-2H3,(H,25,26). The summed E-state index contributed by atoms with van der Waals surface area (Å²) in [5, 5.41) is 17.5. The van der Waals surface area contributed by atoms with Crippen molar-refractivity contribution in [1.82, 2.24) is 0 Å². The molecule has 1 N–H and O–H groups in total. The molecule has 0 atom stereocenters. The minimum atomic E-state index is -0.925. The van der Waals surface area contributed by atoms with Crippen LogP contribution < -0.4 is 4.90 Å². The van der Waals surface area contributed by atoms with Gasteiger partial charge in [-0.25, -0.2) is 4.79 Å². The monoisotopic (exact) mass is 345 g/mol. The van der Waals surface area contributed by atoms with E-state index in [0.29, 0.717) is 0 Å². The molecule has 0 radical (unpaired) electrons. The summed E-state index contributed by atoms with van der Waals surface area (Å²) in [7, 11) is 3.99. The Balaban J connectivity index is 1.71. The van der Waals surface area contributed by atoms with Crippen molar-refractivity contribution in [1.29, 1.82) is 0 Å². The van der Waals surface area contributed by atoms with Gasteiger partial charge in [0.15, 0.2) is 0 Å². The van der Waals surface area contributed by atoms with Gasteiger partial charge >= 0.3 is 5.97 Å². The van der Waals surface area contributed by atoms with Gasteiger partial charge in [-0.1, -0.05) is 24.3 Å². The maximum absolute atomic E-state index is 10.9. The van der Waals surface area contributed by atoms with Crippen molar-refractivity contribution in [3.8, 4) is 11.1 Å². The lowest BCUT2D eigenvalue weighted by Crippen LogP contribution is -2.07. The van der Waals surface area contributed by atoms with Crippen molar-refractivity contribution >= 4 is 23.0 Å². The Kier molecular flexibility index (Phi) is 5.08. The van der Waals surface area contributed by atoms with Gasteiger partial charge in [0.2, 0.25) is 0 Å². The molecule has 0 bridgehead atoms. The van der Waals surface area contributed by atoms with Gasteiger partial charge in [0.1, 0.15) is 0 Å². The average Bonchev–Trinajstić information content (AvgIpc) is 2.67. The fourth-order valence-electron chi connectivity index (χ4n) is 2.46. The normalized spacial score (nSPS) is 10.8. The van der Waals surface area contributed by atoms with Crippen LogP contribution >= 0.6 is 0 Å². The van der Waals surface area contributed by atoms with Crippen molar-refractivity contribution < 1.29 is 9.90 Å². The summed E-state index contributed by atoms with van der Waals surface area (Å²) in [6.45, 7) is 0. The maximum atomic E-state index is 10.9. The molecule has 26 heavy (non-hydrogen) atoms. The number of carbonyl (C=O) groups is 1.